The zero-order chi connectivity index (χ0) is 104. The van der Waals surface area contributed by atoms with E-state index in [0.29, 0.717) is 80.5 Å². The number of methoxy groups -OCH3 is 4. The lowest BCUT2D eigenvalue weighted by molar-refractivity contribution is -0.148. The zero-order valence-corrected chi connectivity index (χ0v) is 89.0. The number of ether oxygens (including phenoxy) is 4. The largest absolute Gasteiger partial charge is 0.494 e. The Bertz CT molecular complexity index is 6520. The Morgan fingerprint density at radius 1 is 0.452 bits per heavy atom. The van der Waals surface area contributed by atoms with Crippen LogP contribution in [0.1, 0.15) is 263 Å². The molecule has 0 bridgehead atoms. The molecular formula is C111H141BN14O18S2. The molecule has 5 saturated heterocycles. The third-order valence-electron chi connectivity index (χ3n) is 33.2. The average Bonchev–Trinajstić information content (AvgIpc) is 1.56. The number of carbonyl (C=O) groups excluding carboxylic acids is 8. The van der Waals surface area contributed by atoms with Gasteiger partial charge in [0.15, 0.2) is 0 Å². The van der Waals surface area contributed by atoms with Crippen LogP contribution in [-0.2, 0) is 101 Å². The predicted molar refractivity (Wildman–Crippen MR) is 562 cm³/mol. The van der Waals surface area contributed by atoms with E-state index in [1.165, 1.54) is 118 Å². The summed E-state index contributed by atoms with van der Waals surface area (Å²) in [6.45, 7) is 27.4. The number of amides is 6. The van der Waals surface area contributed by atoms with E-state index in [2.05, 4.69) is 96.5 Å². The number of fused-ring (bicyclic) bond motifs is 6. The first-order valence-electron chi connectivity index (χ1n) is 52.3. The molecule has 2 spiro atoms. The van der Waals surface area contributed by atoms with Gasteiger partial charge >= 0.3 is 31.2 Å². The average molecular weight is 2030 g/mol. The summed E-state index contributed by atoms with van der Waals surface area (Å²) in [5.41, 5.74) is 20.1. The molecule has 4 N–H and O–H groups in total. The van der Waals surface area contributed by atoms with Crippen LogP contribution in [0, 0.1) is 42.4 Å². The summed E-state index contributed by atoms with van der Waals surface area (Å²) in [7, 11) is -3.72. The maximum Gasteiger partial charge on any atom is 0.494 e. The molecule has 32 nitrogen and oxygen atoms in total. The lowest BCUT2D eigenvalue weighted by Crippen LogP contribution is -2.54. The van der Waals surface area contributed by atoms with E-state index in [1.54, 1.807) is 39.6 Å². The number of allylic oxidation sites excluding steroid dienone is 2. The van der Waals surface area contributed by atoms with Gasteiger partial charge in [-0.3, -0.25) is 48.7 Å². The van der Waals surface area contributed by atoms with E-state index >= 15 is 0 Å². The van der Waals surface area contributed by atoms with Crippen LogP contribution in [-0.4, -0.2) is 226 Å². The maximum atomic E-state index is 14.1. The summed E-state index contributed by atoms with van der Waals surface area (Å²) in [6, 6.07) is 24.9. The molecule has 19 rings (SSSR count). The molecule has 4 aromatic carbocycles. The highest BCUT2D eigenvalue weighted by atomic mass is 32.2. The molecular weight excluding hydrogens is 1890 g/mol. The number of alkyl carbamates (subject to hydrolysis) is 2. The number of nitrogens with one attached hydrogen (secondary N) is 4. The normalized spacial score (nSPS) is 22.5. The number of aromatic nitrogens is 2. The first-order chi connectivity index (χ1) is 69.6. The molecule has 13 aliphatic rings. The van der Waals surface area contributed by atoms with Gasteiger partial charge in [-0.05, 0) is 257 Å². The number of hydrogen-bond donors (Lipinski definition) is 4. The summed E-state index contributed by atoms with van der Waals surface area (Å²) in [6.07, 6.45) is 28.1. The molecule has 6 aromatic rings. The van der Waals surface area contributed by atoms with Crippen molar-refractivity contribution in [2.24, 2.45) is 54.3 Å². The topological polar surface area (TPSA) is 397 Å². The molecule has 2 saturated carbocycles. The van der Waals surface area contributed by atoms with Crippen molar-refractivity contribution in [2.45, 2.75) is 312 Å². The number of likely N-dealkylation sites (tertiary alicyclic amines) is 4. The molecule has 6 amide bonds. The number of hydrogen-bond acceptors (Lipinski definition) is 24. The highest BCUT2D eigenvalue weighted by Crippen LogP contribution is 2.57. The SMILES string of the molecule is COC(=O)C[C@H](C(=O)N1CCC[C@H]1C1=NC=C(c2ccc(-c3ncc(-c4ccc5c(c4)S(=O)(=O)N=C([C@@H]4CCCN4C(=O)[C@@H](NC(=O)OC)C(C)C)N5)c4c3C3(CCCC3)CC4)cc2)C1)C(C)C.COC(=O)C[C@H](C(=O)N1CCC[C@H]1C1=NC=C(c2ccc(-c3ncc(C)c4c3C3(CCCC3)CC4)cc2)C1)C(C)C.COC(=O)N[C@H](C(=O)N1CCC[C@H]1C1=NS(=O)(=O)c2cc(B3OC(C)(C)C(C)(C)O3)ccc2N1)C(C)C. The van der Waals surface area contributed by atoms with Crippen LogP contribution in [0.15, 0.2) is 138 Å². The van der Waals surface area contributed by atoms with Crippen LogP contribution in [0.2, 0.25) is 0 Å². The Morgan fingerprint density at radius 3 is 1.24 bits per heavy atom. The van der Waals surface area contributed by atoms with Gasteiger partial charge in [-0.25, -0.2) is 9.59 Å². The second kappa shape index (κ2) is 42.8. The molecule has 7 fully saturated rings. The van der Waals surface area contributed by atoms with Crippen LogP contribution < -0.4 is 26.7 Å². The second-order valence-corrected chi connectivity index (χ2v) is 47.1. The number of nitrogens with zero attached hydrogens (tertiary/aromatic N) is 10. The second-order valence-electron chi connectivity index (χ2n) is 44.0. The molecule has 9 aliphatic heterocycles. The number of amidine groups is 2. The van der Waals surface area contributed by atoms with Gasteiger partial charge in [-0.1, -0.05) is 142 Å². The number of aryl methyl sites for hydroxylation is 1. The minimum absolute atomic E-state index is 0.000288. The summed E-state index contributed by atoms with van der Waals surface area (Å²) in [5.74, 6) is -2.10. The Balaban J connectivity index is 0.000000160. The van der Waals surface area contributed by atoms with E-state index < -0.39 is 80.6 Å². The maximum absolute atomic E-state index is 14.1. The van der Waals surface area contributed by atoms with Gasteiger partial charge in [0.25, 0.3) is 20.0 Å². The van der Waals surface area contributed by atoms with Crippen molar-refractivity contribution in [3.8, 4) is 33.6 Å². The fraction of sp³-hybridized carbons (Fsp3) is 0.550. The first-order valence-corrected chi connectivity index (χ1v) is 55.1. The molecule has 2 aromatic heterocycles. The fourth-order valence-electron chi connectivity index (χ4n) is 24.3. The number of carbonyl (C=O) groups is 8. The van der Waals surface area contributed by atoms with Gasteiger partial charge in [0.05, 0.1) is 111 Å². The van der Waals surface area contributed by atoms with Gasteiger partial charge < -0.3 is 69.1 Å². The van der Waals surface area contributed by atoms with Crippen LogP contribution >= 0.6 is 0 Å². The number of anilines is 2. The van der Waals surface area contributed by atoms with Crippen LogP contribution in [0.25, 0.3) is 44.8 Å². The van der Waals surface area contributed by atoms with E-state index in [-0.39, 0.29) is 117 Å². The summed E-state index contributed by atoms with van der Waals surface area (Å²) < 4.78 is 94.4. The number of aliphatic imine (C=N–C) groups is 2. The molecule has 11 heterocycles. The third kappa shape index (κ3) is 21.0. The smallest absolute Gasteiger partial charge is 0.469 e. The molecule has 778 valence electrons. The lowest BCUT2D eigenvalue weighted by Gasteiger charge is -2.32. The first kappa shape index (κ1) is 106. The van der Waals surface area contributed by atoms with Gasteiger partial charge in [-0.15, -0.1) is 8.80 Å². The Kier molecular flexibility index (Phi) is 30.9. The Labute approximate surface area is 858 Å². The Hall–Kier alpha value is -11.8. The van der Waals surface area contributed by atoms with Crippen molar-refractivity contribution in [1.82, 2.24) is 40.2 Å². The van der Waals surface area contributed by atoms with Crippen molar-refractivity contribution in [1.29, 1.82) is 0 Å². The number of sulfonamides is 2. The van der Waals surface area contributed by atoms with Gasteiger partial charge in [0.1, 0.15) is 33.5 Å². The predicted octanol–water partition coefficient (Wildman–Crippen LogP) is 16.8. The molecule has 146 heavy (non-hydrogen) atoms. The van der Waals surface area contributed by atoms with Crippen molar-refractivity contribution >= 4 is 126 Å². The standard InChI is InChI=1S/C52H63N7O8S.C35H43N3O3.C24H35BN4O7S/c1-30(2)37(27-44(60)66-5)49(61)58-23-9-11-41(58)40-25-35(28-53-40)32-13-15-33(16-14-32)47-45-36(19-22-52(45)20-7-8-21-52)38(29-54-47)34-17-18-39-43(26-34)68(64,65)57-48(55-39)42-12-10-24-59(42)50(62)46(31(3)4)56-51(63)67-6;1-22(2)28(19-31(39)41-4)34(40)38-17-7-8-30(38)29-18-26(21-36-29)24-9-11-25(12-10-24)33-32-27(23(3)20-37-33)13-16-35(32)14-5-6-15-35;1-14(2)19(27-22(31)34-7)21(30)29-12-8-9-17(29)20-26-16-11-10-15(13-18(16)37(32,33)28-20)25-35-23(3,4)24(5,6)36-25/h13-18,26,28-31,37,41-42,46H,7-12,19-25,27H2,1-6H3,(H,55,57)(H,56,63);9-12,20-22,28,30H,5-8,13-19H2,1-4H3;10-11,13-14,17,19H,8-9,12H2,1-7H3,(H,26,28)(H,27,31)/t37-,41-,42-,46-;28-,30-;17-,19-/m000/s1. The van der Waals surface area contributed by atoms with Crippen molar-refractivity contribution in [3.05, 3.63) is 149 Å². The minimum Gasteiger partial charge on any atom is -0.469 e. The number of esters is 2. The number of benzene rings is 4. The third-order valence-corrected chi connectivity index (χ3v) is 35.9. The van der Waals surface area contributed by atoms with Gasteiger partial charge in [0.2, 0.25) is 23.6 Å². The van der Waals surface area contributed by atoms with Crippen molar-refractivity contribution in [3.63, 3.8) is 0 Å². The summed E-state index contributed by atoms with van der Waals surface area (Å²) >= 11 is 0. The lowest BCUT2D eigenvalue weighted by atomic mass is 9.78. The molecule has 0 unspecified atom stereocenters. The molecule has 0 radical (unpaired) electrons. The van der Waals surface area contributed by atoms with Crippen LogP contribution in [0.5, 0.6) is 0 Å². The van der Waals surface area contributed by atoms with Crippen LogP contribution in [0.4, 0.5) is 21.0 Å². The van der Waals surface area contributed by atoms with Crippen molar-refractivity contribution < 1.29 is 83.4 Å². The molecule has 8 atom stereocenters. The van der Waals surface area contributed by atoms with E-state index in [1.807, 2.05) is 118 Å². The van der Waals surface area contributed by atoms with Gasteiger partial charge in [0, 0.05) is 91.9 Å². The molecule has 4 aliphatic carbocycles. The Morgan fingerprint density at radius 2 is 0.829 bits per heavy atom. The minimum atomic E-state index is -4.16. The van der Waals surface area contributed by atoms with E-state index in [0.717, 1.165) is 116 Å². The fourth-order valence-corrected chi connectivity index (χ4v) is 26.7. The van der Waals surface area contributed by atoms with E-state index in [9.17, 15) is 55.2 Å². The summed E-state index contributed by atoms with van der Waals surface area (Å²) in [4.78, 5) is 130. The van der Waals surface area contributed by atoms with Crippen LogP contribution in [0.3, 0.4) is 0 Å². The highest BCUT2D eigenvalue weighted by molar-refractivity contribution is 7.91. The van der Waals surface area contributed by atoms with E-state index in [4.69, 9.17) is 43.5 Å². The highest BCUT2D eigenvalue weighted by Gasteiger charge is 2.54. The molecule has 35 heteroatoms. The number of rotatable bonds is 24. The van der Waals surface area contributed by atoms with Gasteiger partial charge in [-0.2, -0.15) is 16.8 Å². The zero-order valence-electron chi connectivity index (χ0n) is 87.3. The quantitative estimate of drug-likeness (QED) is 0.0248. The monoisotopic (exact) mass is 2030 g/mol. The summed E-state index contributed by atoms with van der Waals surface area (Å²) in [5, 5.41) is 11.6. The number of pyridine rings is 2. The van der Waals surface area contributed by atoms with Crippen molar-refractivity contribution in [2.75, 3.05) is 65.3 Å².